The number of carbonyl (C=O) groups is 3. The molecule has 6 amide bonds. The second-order valence-electron chi connectivity index (χ2n) is 7.82. The van der Waals surface area contributed by atoms with Gasteiger partial charge in [-0.25, -0.2) is 19.3 Å². The van der Waals surface area contributed by atoms with Gasteiger partial charge in [0.1, 0.15) is 5.75 Å². The number of aryl methyl sites for hydroxylation is 1. The van der Waals surface area contributed by atoms with Crippen molar-refractivity contribution in [2.75, 3.05) is 16.8 Å². The van der Waals surface area contributed by atoms with Crippen molar-refractivity contribution >= 4 is 29.5 Å². The summed E-state index contributed by atoms with van der Waals surface area (Å²) >= 11 is 0. The number of amides is 6. The van der Waals surface area contributed by atoms with Crippen LogP contribution in [-0.4, -0.2) is 29.7 Å². The van der Waals surface area contributed by atoms with Crippen molar-refractivity contribution in [3.8, 4) is 5.75 Å². The molecule has 0 aliphatic carbocycles. The lowest BCUT2D eigenvalue weighted by Gasteiger charge is -2.14. The molecule has 0 saturated heterocycles. The van der Waals surface area contributed by atoms with E-state index in [9.17, 15) is 14.4 Å². The molecular weight excluding hydrogens is 494 g/mol. The fraction of sp³-hybridized carbons (Fsp3) is 0.300. The van der Waals surface area contributed by atoms with Crippen LogP contribution in [0.3, 0.4) is 0 Å². The summed E-state index contributed by atoms with van der Waals surface area (Å²) in [5, 5.41) is 14.4. The SMILES string of the molecule is C.C.CCCCCNC(=O)Nc1ccccc1.CCc1ccc(O)cc1.NC(=O)N(C(N)=O)c1ccccc1. The normalized spacial score (nSPS) is 8.97. The highest BCUT2D eigenvalue weighted by Gasteiger charge is 2.16. The highest BCUT2D eigenvalue weighted by atomic mass is 16.3. The van der Waals surface area contributed by atoms with E-state index in [-0.39, 0.29) is 20.9 Å². The summed E-state index contributed by atoms with van der Waals surface area (Å²) in [5.41, 5.74) is 12.4. The minimum absolute atomic E-state index is 0. The molecule has 0 heterocycles. The van der Waals surface area contributed by atoms with E-state index >= 15 is 0 Å². The van der Waals surface area contributed by atoms with E-state index in [0.29, 0.717) is 16.3 Å². The number of rotatable bonds is 7. The van der Waals surface area contributed by atoms with Gasteiger partial charge in [-0.05, 0) is 54.8 Å². The Kier molecular flexibility index (Phi) is 20.2. The number of hydrogen-bond donors (Lipinski definition) is 5. The summed E-state index contributed by atoms with van der Waals surface area (Å²) < 4.78 is 0. The smallest absolute Gasteiger partial charge is 0.327 e. The molecule has 214 valence electrons. The number of phenols is 1. The molecule has 0 aliphatic rings. The van der Waals surface area contributed by atoms with Crippen molar-refractivity contribution in [1.29, 1.82) is 0 Å². The lowest BCUT2D eigenvalue weighted by atomic mass is 10.2. The second kappa shape index (κ2) is 21.5. The Morgan fingerprint density at radius 2 is 1.28 bits per heavy atom. The first-order valence-corrected chi connectivity index (χ1v) is 12.1. The van der Waals surface area contributed by atoms with Crippen molar-refractivity contribution in [1.82, 2.24) is 5.32 Å². The molecule has 3 aromatic rings. The van der Waals surface area contributed by atoms with Crippen LogP contribution in [0.15, 0.2) is 84.9 Å². The minimum Gasteiger partial charge on any atom is -0.508 e. The lowest BCUT2D eigenvalue weighted by Crippen LogP contribution is -2.44. The molecule has 3 aromatic carbocycles. The number of nitrogens with one attached hydrogen (secondary N) is 2. The zero-order valence-corrected chi connectivity index (χ0v) is 21.4. The number of imide groups is 1. The number of nitrogens with zero attached hydrogens (tertiary/aromatic N) is 1. The van der Waals surface area contributed by atoms with Crippen molar-refractivity contribution in [2.45, 2.75) is 54.4 Å². The number of aromatic hydroxyl groups is 1. The van der Waals surface area contributed by atoms with Gasteiger partial charge < -0.3 is 27.2 Å². The van der Waals surface area contributed by atoms with Crippen LogP contribution in [-0.2, 0) is 6.42 Å². The van der Waals surface area contributed by atoms with E-state index in [2.05, 4.69) is 24.5 Å². The predicted molar refractivity (Wildman–Crippen MR) is 162 cm³/mol. The number of hydrogen-bond acceptors (Lipinski definition) is 4. The fourth-order valence-corrected chi connectivity index (χ4v) is 2.95. The quantitative estimate of drug-likeness (QED) is 0.208. The molecule has 0 saturated carbocycles. The molecular formula is C30H45N5O4. The molecule has 3 rings (SSSR count). The molecule has 7 N–H and O–H groups in total. The fourth-order valence-electron chi connectivity index (χ4n) is 2.95. The molecule has 39 heavy (non-hydrogen) atoms. The Labute approximate surface area is 233 Å². The molecule has 0 aliphatic heterocycles. The Bertz CT molecular complexity index is 1050. The summed E-state index contributed by atoms with van der Waals surface area (Å²) in [4.78, 5) is 33.6. The average Bonchev–Trinajstić information content (AvgIpc) is 2.89. The zero-order valence-electron chi connectivity index (χ0n) is 21.4. The van der Waals surface area contributed by atoms with Gasteiger partial charge in [0, 0.05) is 12.2 Å². The van der Waals surface area contributed by atoms with Crippen LogP contribution in [0.4, 0.5) is 25.8 Å². The number of phenolic OH excluding ortho intramolecular Hbond substituents is 1. The van der Waals surface area contributed by atoms with Crippen LogP contribution in [0, 0.1) is 0 Å². The molecule has 0 bridgehead atoms. The van der Waals surface area contributed by atoms with E-state index in [1.807, 2.05) is 42.5 Å². The summed E-state index contributed by atoms with van der Waals surface area (Å²) in [6.07, 6.45) is 4.40. The third-order valence-electron chi connectivity index (χ3n) is 4.90. The summed E-state index contributed by atoms with van der Waals surface area (Å²) in [6.45, 7) is 4.98. The number of nitrogens with two attached hydrogens (primary N) is 2. The lowest BCUT2D eigenvalue weighted by molar-refractivity contribution is 0.243. The van der Waals surface area contributed by atoms with Crippen molar-refractivity contribution < 1.29 is 19.5 Å². The first-order chi connectivity index (χ1) is 17.8. The molecule has 0 radical (unpaired) electrons. The van der Waals surface area contributed by atoms with E-state index in [0.717, 1.165) is 31.5 Å². The number of unbranched alkanes of at least 4 members (excludes halogenated alkanes) is 2. The zero-order chi connectivity index (χ0) is 27.5. The van der Waals surface area contributed by atoms with Crippen LogP contribution in [0.1, 0.15) is 53.5 Å². The van der Waals surface area contributed by atoms with Crippen LogP contribution in [0.5, 0.6) is 5.75 Å². The maximum atomic E-state index is 11.4. The third kappa shape index (κ3) is 16.0. The van der Waals surface area contributed by atoms with Gasteiger partial charge >= 0.3 is 18.1 Å². The number of carbonyl (C=O) groups excluding carboxylic acids is 3. The first-order valence-electron chi connectivity index (χ1n) is 12.1. The van der Waals surface area contributed by atoms with Gasteiger partial charge in [0.2, 0.25) is 0 Å². The standard InChI is InChI=1S/C12H18N2O.C8H9N3O2.C8H10O.2CH4/c1-2-3-7-10-13-12(15)14-11-8-5-4-6-9-11;9-7(12)11(8(10)13)6-4-2-1-3-5-6;1-2-7-3-5-8(9)6-4-7;;/h4-6,8-9H,2-3,7,10H2,1H3,(H2,13,14,15);1-5H,(H2,9,12)(H2,10,13);3-6,9H,2H2,1H3;2*1H4. The van der Waals surface area contributed by atoms with Crippen LogP contribution in [0.2, 0.25) is 0 Å². The number of primary amides is 2. The number of benzene rings is 3. The van der Waals surface area contributed by atoms with E-state index in [4.69, 9.17) is 16.6 Å². The molecule has 0 fully saturated rings. The van der Waals surface area contributed by atoms with Crippen LogP contribution >= 0.6 is 0 Å². The molecule has 0 spiro atoms. The van der Waals surface area contributed by atoms with Gasteiger partial charge in [-0.2, -0.15) is 0 Å². The highest BCUT2D eigenvalue weighted by molar-refractivity contribution is 6.12. The van der Waals surface area contributed by atoms with Crippen LogP contribution < -0.4 is 27.0 Å². The van der Waals surface area contributed by atoms with Crippen LogP contribution in [0.25, 0.3) is 0 Å². The van der Waals surface area contributed by atoms with Crippen molar-refractivity contribution in [3.63, 3.8) is 0 Å². The van der Waals surface area contributed by atoms with Gasteiger partial charge in [-0.15, -0.1) is 0 Å². The van der Waals surface area contributed by atoms with Crippen molar-refractivity contribution in [2.24, 2.45) is 11.5 Å². The minimum atomic E-state index is -0.890. The first kappa shape index (κ1) is 36.6. The Balaban J connectivity index is 0. The summed E-state index contributed by atoms with van der Waals surface area (Å²) in [5.74, 6) is 0.340. The topological polar surface area (TPSA) is 151 Å². The average molecular weight is 540 g/mol. The van der Waals surface area contributed by atoms with E-state index in [1.54, 1.807) is 42.5 Å². The van der Waals surface area contributed by atoms with Crippen molar-refractivity contribution in [3.05, 3.63) is 90.5 Å². The molecule has 0 atom stereocenters. The molecule has 9 heteroatoms. The predicted octanol–water partition coefficient (Wildman–Crippen LogP) is 6.88. The van der Waals surface area contributed by atoms with Gasteiger partial charge in [0.25, 0.3) is 0 Å². The monoisotopic (exact) mass is 539 g/mol. The van der Waals surface area contributed by atoms with Gasteiger partial charge in [0.15, 0.2) is 0 Å². The maximum Gasteiger partial charge on any atom is 0.327 e. The summed E-state index contributed by atoms with van der Waals surface area (Å²) in [7, 11) is 0. The number of urea groups is 3. The third-order valence-corrected chi connectivity index (χ3v) is 4.90. The number of para-hydroxylation sites is 2. The second-order valence-corrected chi connectivity index (χ2v) is 7.82. The van der Waals surface area contributed by atoms with E-state index in [1.165, 1.54) is 12.0 Å². The summed E-state index contributed by atoms with van der Waals surface area (Å²) in [6, 6.07) is 23.0. The Morgan fingerprint density at radius 3 is 1.74 bits per heavy atom. The highest BCUT2D eigenvalue weighted by Crippen LogP contribution is 2.12. The molecule has 9 nitrogen and oxygen atoms in total. The van der Waals surface area contributed by atoms with Gasteiger partial charge in [-0.1, -0.05) is 90.1 Å². The number of anilines is 2. The molecule has 0 unspecified atom stereocenters. The van der Waals surface area contributed by atoms with Gasteiger partial charge in [0.05, 0.1) is 5.69 Å². The van der Waals surface area contributed by atoms with E-state index < -0.39 is 12.1 Å². The Hall–Kier alpha value is -4.53. The molecule has 0 aromatic heterocycles. The largest absolute Gasteiger partial charge is 0.508 e. The Morgan fingerprint density at radius 1 is 0.769 bits per heavy atom. The van der Waals surface area contributed by atoms with Gasteiger partial charge in [-0.3, -0.25) is 0 Å². The maximum absolute atomic E-state index is 11.4.